The topological polar surface area (TPSA) is 144 Å². The molecular weight excluding hydrogens is 505 g/mol. The van der Waals surface area contributed by atoms with Crippen molar-refractivity contribution < 1.29 is 42.5 Å². The third-order valence-corrected chi connectivity index (χ3v) is 4.62. The van der Waals surface area contributed by atoms with E-state index in [9.17, 15) is 19.2 Å². The predicted molar refractivity (Wildman–Crippen MR) is 125 cm³/mol. The minimum absolute atomic E-state index is 0.0633. The quantitative estimate of drug-likeness (QED) is 0.314. The van der Waals surface area contributed by atoms with Crippen molar-refractivity contribution in [1.82, 2.24) is 9.55 Å². The van der Waals surface area contributed by atoms with Crippen LogP contribution in [-0.2, 0) is 35.0 Å². The minimum Gasteiger partial charge on any atom is -0.462 e. The van der Waals surface area contributed by atoms with E-state index >= 15 is 4.39 Å². The Bertz CT molecular complexity index is 1010. The summed E-state index contributed by atoms with van der Waals surface area (Å²) in [7, 11) is 0. The van der Waals surface area contributed by atoms with Crippen LogP contribution in [0.25, 0.3) is 0 Å². The minimum atomic E-state index is -1.90. The lowest BCUT2D eigenvalue weighted by Gasteiger charge is -2.23. The Morgan fingerprint density at radius 1 is 1.14 bits per heavy atom. The number of carbonyl (C=O) groups excluding carboxylic acids is 3. The number of nitrogens with one attached hydrogen (secondary N) is 1. The fourth-order valence-corrected chi connectivity index (χ4v) is 3.13. The van der Waals surface area contributed by atoms with E-state index in [1.165, 1.54) is 12.3 Å². The highest BCUT2D eigenvalue weighted by Gasteiger charge is 2.49. The average molecular weight is 536 g/mol. The molecule has 1 saturated heterocycles. The van der Waals surface area contributed by atoms with Crippen LogP contribution in [0.2, 0.25) is 0 Å². The van der Waals surface area contributed by atoms with Gasteiger partial charge in [-0.1, -0.05) is 0 Å². The standard InChI is InChI=1S/C22H31ClFN3O9/c1-21(2,3)35-19(30)26-14-7-8-27(18(29)25-14)10-12-16(24)17(34-20(31)36-22(4,5)6)13(33-12)11-32-15(28)9-23/h7-8,12-13,16-17H,9-11H2,1-6H3,(H,25,26,29,30)/t12-,13+,16+,17+/m0/s1. The predicted octanol–water partition coefficient (Wildman–Crippen LogP) is 2.80. The Balaban J connectivity index is 2.13. The van der Waals surface area contributed by atoms with Gasteiger partial charge in [-0.3, -0.25) is 14.7 Å². The highest BCUT2D eigenvalue weighted by molar-refractivity contribution is 6.26. The number of aromatic nitrogens is 2. The lowest BCUT2D eigenvalue weighted by atomic mass is 10.1. The number of anilines is 1. The van der Waals surface area contributed by atoms with Gasteiger partial charge >= 0.3 is 23.9 Å². The lowest BCUT2D eigenvalue weighted by Crippen LogP contribution is -2.39. The Morgan fingerprint density at radius 2 is 1.78 bits per heavy atom. The molecule has 0 spiro atoms. The highest BCUT2D eigenvalue weighted by atomic mass is 35.5. The van der Waals surface area contributed by atoms with Crippen LogP contribution >= 0.6 is 11.6 Å². The maximum atomic E-state index is 15.3. The molecule has 0 unspecified atom stereocenters. The van der Waals surface area contributed by atoms with Crippen LogP contribution in [0, 0.1) is 0 Å². The van der Waals surface area contributed by atoms with Crippen molar-refractivity contribution in [3.8, 4) is 0 Å². The van der Waals surface area contributed by atoms with Crippen molar-refractivity contribution in [3.05, 3.63) is 22.7 Å². The zero-order valence-corrected chi connectivity index (χ0v) is 21.7. The van der Waals surface area contributed by atoms with E-state index in [1.807, 2.05) is 0 Å². The number of hydrogen-bond donors (Lipinski definition) is 1. The highest BCUT2D eigenvalue weighted by Crippen LogP contribution is 2.29. The summed E-state index contributed by atoms with van der Waals surface area (Å²) in [6.07, 6.45) is -6.48. The van der Waals surface area contributed by atoms with Crippen molar-refractivity contribution in [2.45, 2.75) is 83.8 Å². The van der Waals surface area contributed by atoms with Crippen molar-refractivity contribution in [3.63, 3.8) is 0 Å². The Labute approximate surface area is 212 Å². The fraction of sp³-hybridized carbons (Fsp3) is 0.682. The molecule has 1 N–H and O–H groups in total. The maximum Gasteiger partial charge on any atom is 0.509 e. The van der Waals surface area contributed by atoms with Gasteiger partial charge in [-0.05, 0) is 47.6 Å². The molecule has 2 heterocycles. The molecule has 0 radical (unpaired) electrons. The first-order valence-corrected chi connectivity index (χ1v) is 11.6. The average Bonchev–Trinajstić information content (AvgIpc) is 3.00. The van der Waals surface area contributed by atoms with Crippen molar-refractivity contribution in [2.24, 2.45) is 0 Å². The molecule has 0 aliphatic carbocycles. The van der Waals surface area contributed by atoms with Crippen LogP contribution in [0.1, 0.15) is 41.5 Å². The number of hydrogen-bond acceptors (Lipinski definition) is 10. The van der Waals surface area contributed by atoms with Gasteiger partial charge in [0.15, 0.2) is 12.3 Å². The molecule has 1 fully saturated rings. The van der Waals surface area contributed by atoms with Gasteiger partial charge in [0.05, 0.1) is 6.54 Å². The molecule has 1 aliphatic rings. The van der Waals surface area contributed by atoms with E-state index in [0.717, 1.165) is 4.57 Å². The summed E-state index contributed by atoms with van der Waals surface area (Å²) >= 11 is 5.41. The molecule has 12 nitrogen and oxygen atoms in total. The van der Waals surface area contributed by atoms with E-state index in [4.69, 9.17) is 35.3 Å². The first-order chi connectivity index (χ1) is 16.6. The molecule has 14 heteroatoms. The molecule has 1 aromatic heterocycles. The van der Waals surface area contributed by atoms with Gasteiger partial charge in [0.1, 0.15) is 41.7 Å². The lowest BCUT2D eigenvalue weighted by molar-refractivity contribution is -0.146. The van der Waals surface area contributed by atoms with Gasteiger partial charge in [-0.25, -0.2) is 18.8 Å². The van der Waals surface area contributed by atoms with Crippen molar-refractivity contribution >= 4 is 35.6 Å². The Hall–Kier alpha value is -2.93. The second kappa shape index (κ2) is 11.9. The molecule has 1 amide bonds. The summed E-state index contributed by atoms with van der Waals surface area (Å²) in [5.41, 5.74) is -2.45. The summed E-state index contributed by atoms with van der Waals surface area (Å²) in [5.74, 6) is -1.27. The second-order valence-corrected chi connectivity index (χ2v) is 10.2. The van der Waals surface area contributed by atoms with Crippen LogP contribution in [0.5, 0.6) is 0 Å². The summed E-state index contributed by atoms with van der Waals surface area (Å²) in [4.78, 5) is 51.6. The zero-order valence-electron chi connectivity index (χ0n) is 20.9. The first kappa shape index (κ1) is 29.3. The Morgan fingerprint density at radius 3 is 2.33 bits per heavy atom. The van der Waals surface area contributed by atoms with Gasteiger partial charge < -0.3 is 23.7 Å². The normalized spacial score (nSPS) is 22.0. The van der Waals surface area contributed by atoms with Gasteiger partial charge in [0, 0.05) is 6.20 Å². The number of rotatable bonds is 7. The zero-order chi connectivity index (χ0) is 27.3. The van der Waals surface area contributed by atoms with Gasteiger partial charge in [-0.15, -0.1) is 11.6 Å². The fourth-order valence-electron chi connectivity index (χ4n) is 3.05. The van der Waals surface area contributed by atoms with E-state index in [-0.39, 0.29) is 12.4 Å². The van der Waals surface area contributed by atoms with Gasteiger partial charge in [-0.2, -0.15) is 4.98 Å². The smallest absolute Gasteiger partial charge is 0.462 e. The number of alkyl halides is 2. The first-order valence-electron chi connectivity index (χ1n) is 11.1. The van der Waals surface area contributed by atoms with E-state index in [0.29, 0.717) is 0 Å². The SMILES string of the molecule is CC(C)(C)OC(=O)Nc1ccn(C[C@@H]2O[C@H](COC(=O)CCl)[C@@H](OC(=O)OC(C)(C)C)[C@@H]2F)c(=O)n1. The molecule has 0 bridgehead atoms. The van der Waals surface area contributed by atoms with Crippen LogP contribution in [0.3, 0.4) is 0 Å². The largest absolute Gasteiger partial charge is 0.509 e. The van der Waals surface area contributed by atoms with Crippen LogP contribution in [-0.4, -0.2) is 75.9 Å². The number of halogens is 2. The number of nitrogens with zero attached hydrogens (tertiary/aromatic N) is 2. The number of amides is 1. The van der Waals surface area contributed by atoms with Crippen LogP contribution < -0.4 is 11.0 Å². The van der Waals surface area contributed by atoms with Crippen LogP contribution in [0.4, 0.5) is 19.8 Å². The maximum absolute atomic E-state index is 15.3. The number of carbonyl (C=O) groups is 3. The molecule has 1 aliphatic heterocycles. The molecule has 36 heavy (non-hydrogen) atoms. The molecule has 1 aromatic rings. The Kier molecular flexibility index (Phi) is 9.66. The summed E-state index contributed by atoms with van der Waals surface area (Å²) in [6, 6.07) is 1.32. The van der Waals surface area contributed by atoms with Gasteiger partial charge in [0.25, 0.3) is 0 Å². The van der Waals surface area contributed by atoms with Crippen LogP contribution in [0.15, 0.2) is 17.1 Å². The van der Waals surface area contributed by atoms with Crippen molar-refractivity contribution in [2.75, 3.05) is 17.8 Å². The summed E-state index contributed by atoms with van der Waals surface area (Å²) < 4.78 is 42.2. The van der Waals surface area contributed by atoms with Crippen molar-refractivity contribution in [1.29, 1.82) is 0 Å². The van der Waals surface area contributed by atoms with E-state index < -0.39 is 72.1 Å². The molecular formula is C22H31ClFN3O9. The summed E-state index contributed by atoms with van der Waals surface area (Å²) in [6.45, 7) is 9.10. The van der Waals surface area contributed by atoms with Gasteiger partial charge in [0.2, 0.25) is 0 Å². The third kappa shape index (κ3) is 9.26. The van der Waals surface area contributed by atoms with E-state index in [2.05, 4.69) is 10.3 Å². The summed E-state index contributed by atoms with van der Waals surface area (Å²) in [5, 5.41) is 2.33. The molecule has 4 atom stereocenters. The monoisotopic (exact) mass is 535 g/mol. The molecule has 202 valence electrons. The number of esters is 1. The molecule has 0 aromatic carbocycles. The molecule has 2 rings (SSSR count). The molecule has 0 saturated carbocycles. The third-order valence-electron chi connectivity index (χ3n) is 4.40. The second-order valence-electron chi connectivity index (χ2n) is 9.90. The number of ether oxygens (including phenoxy) is 5. The van der Waals surface area contributed by atoms with E-state index in [1.54, 1.807) is 41.5 Å².